The molecular weight excluding hydrogens is 1390 g/mol. The molecule has 0 N–H and O–H groups in total. The number of unbranched alkanes of at least 4 members (excludes halogenated alkanes) is 48. The number of allylic oxidation sites excluding steroid dienone is 8. The van der Waals surface area contributed by atoms with Crippen LogP contribution in [0.2, 0.25) is 0 Å². The topological polar surface area (TPSA) is 220 Å². The van der Waals surface area contributed by atoms with Crippen molar-refractivity contribution in [1.29, 1.82) is 0 Å². The summed E-state index contributed by atoms with van der Waals surface area (Å²) in [6, 6.07) is 6.25. The number of hydrogen-bond donors (Lipinski definition) is 0. The number of carbonyl (C=O) groups is 4. The maximum atomic E-state index is 12.9. The minimum atomic E-state index is -4.82. The smallest absolute Gasteiger partial charge is 0.744 e. The fourth-order valence-corrected chi connectivity index (χ4v) is 13.4. The average molecular weight is 1530 g/mol. The van der Waals surface area contributed by atoms with Gasteiger partial charge in [0.1, 0.15) is 20.2 Å². The van der Waals surface area contributed by atoms with Gasteiger partial charge < -0.3 is 28.1 Å². The first-order chi connectivity index (χ1) is 50.6. The Balaban J connectivity index is 0.00000204. The molecule has 0 saturated carbocycles. The second kappa shape index (κ2) is 73.2. The Morgan fingerprint density at radius 1 is 0.257 bits per heavy atom. The molecule has 2 rings (SSSR count). The number of esters is 4. The quantitative estimate of drug-likeness (QED) is 0.0150. The Morgan fingerprint density at radius 3 is 0.600 bits per heavy atom. The van der Waals surface area contributed by atoms with Gasteiger partial charge in [0.05, 0.1) is 58.5 Å². The van der Waals surface area contributed by atoms with E-state index in [1.54, 1.807) is 0 Å². The molecule has 0 aliphatic heterocycles. The van der Waals surface area contributed by atoms with E-state index in [9.17, 15) is 45.1 Å². The summed E-state index contributed by atoms with van der Waals surface area (Å²) >= 11 is 0. The Labute approximate surface area is 671 Å². The molecule has 0 radical (unpaired) electrons. The predicted molar refractivity (Wildman–Crippen MR) is 434 cm³/mol. The minimum absolute atomic E-state index is 0. The number of ether oxygens (including phenoxy) is 4. The van der Waals surface area contributed by atoms with Crippen molar-refractivity contribution in [2.24, 2.45) is 0 Å². The SMILES string of the molecule is CCCCCCC/C=C/CCCCCCCCCOC(=O)c1ccc(S(=O)(=O)[O-])cc1C(=O)OCCCCCCCCC/C=C/CCCCCCC.CCCCCCC/C=C/CCCCCCCCCOC(=O)c1ccc(S(=O)(=O)[O-])cc1C(=O)OCCCCCCCCC/C=C/CCCCCCC.[Ca+2]. The van der Waals surface area contributed by atoms with Crippen molar-refractivity contribution >= 4 is 81.9 Å². The molecule has 2 aromatic carbocycles. The zero-order valence-corrected chi connectivity index (χ0v) is 70.6. The Kier molecular flexibility index (Phi) is 70.6. The van der Waals surface area contributed by atoms with Gasteiger partial charge in [0, 0.05) is 0 Å². The summed E-state index contributed by atoms with van der Waals surface area (Å²) in [7, 11) is -9.63. The van der Waals surface area contributed by atoms with Gasteiger partial charge in [0.2, 0.25) is 0 Å². The molecule has 0 bridgehead atoms. The maximum absolute atomic E-state index is 12.9. The van der Waals surface area contributed by atoms with E-state index in [4.69, 9.17) is 18.9 Å². The minimum Gasteiger partial charge on any atom is -0.744 e. The molecule has 2 aromatic rings. The Bertz CT molecular complexity index is 2610. The van der Waals surface area contributed by atoms with E-state index in [2.05, 4.69) is 76.3 Å². The molecule has 0 fully saturated rings. The van der Waals surface area contributed by atoms with Crippen LogP contribution in [0.3, 0.4) is 0 Å². The maximum Gasteiger partial charge on any atom is 2.00 e. The van der Waals surface area contributed by atoms with Gasteiger partial charge in [0.15, 0.2) is 0 Å². The fourth-order valence-electron chi connectivity index (χ4n) is 12.4. The van der Waals surface area contributed by atoms with Crippen LogP contribution in [0, 0.1) is 0 Å². The van der Waals surface area contributed by atoms with E-state index in [0.717, 1.165) is 139 Å². The van der Waals surface area contributed by atoms with Gasteiger partial charge >= 0.3 is 61.6 Å². The average Bonchev–Trinajstić information content (AvgIpc) is 0.816. The molecule has 14 nitrogen and oxygen atoms in total. The summed E-state index contributed by atoms with van der Waals surface area (Å²) in [6.45, 7) is 9.69. The van der Waals surface area contributed by atoms with Crippen LogP contribution in [0.15, 0.2) is 94.8 Å². The molecule has 596 valence electrons. The normalized spacial score (nSPS) is 11.8. The molecule has 0 spiro atoms. The standard InChI is InChI=1S/2C44H74O7S.Ca/c2*1-3-5-7-9-11-13-15-17-19-21-23-25-27-29-31-33-37-50-43(45)41-36-35-40(52(47,48)49)39-42(41)44(46)51-38-34-32-30-28-26-24-22-20-18-16-14-12-10-8-6-4-2;/h2*15-18,35-36,39H,3-14,19-34,37-38H2,1-2H3,(H,47,48,49);/q;;+2/p-2/b2*17-15+,18-16+;. The zero-order valence-electron chi connectivity index (χ0n) is 66.7. The second-order valence-corrected chi connectivity index (χ2v) is 31.4. The largest absolute Gasteiger partial charge is 2.00 e. The van der Waals surface area contributed by atoms with Crippen molar-refractivity contribution in [2.45, 2.75) is 397 Å². The van der Waals surface area contributed by atoms with Crippen LogP contribution in [0.4, 0.5) is 0 Å². The van der Waals surface area contributed by atoms with Crippen molar-refractivity contribution in [1.82, 2.24) is 0 Å². The summed E-state index contributed by atoms with van der Waals surface area (Å²) in [5, 5.41) is 0. The van der Waals surface area contributed by atoms with Crippen LogP contribution in [0.5, 0.6) is 0 Å². The summed E-state index contributed by atoms with van der Waals surface area (Å²) in [4.78, 5) is 50.4. The monoisotopic (exact) mass is 1530 g/mol. The number of rotatable bonds is 70. The van der Waals surface area contributed by atoms with Crippen molar-refractivity contribution in [2.75, 3.05) is 26.4 Å². The van der Waals surface area contributed by atoms with Crippen LogP contribution in [-0.4, -0.2) is 114 Å². The Hall–Kier alpha value is -3.64. The molecule has 0 atom stereocenters. The van der Waals surface area contributed by atoms with Gasteiger partial charge in [-0.1, -0.05) is 307 Å². The van der Waals surface area contributed by atoms with Gasteiger partial charge in [-0.05, 0) is 165 Å². The summed E-state index contributed by atoms with van der Waals surface area (Å²) < 4.78 is 91.4. The van der Waals surface area contributed by atoms with Crippen LogP contribution in [0.1, 0.15) is 429 Å². The van der Waals surface area contributed by atoms with E-state index >= 15 is 0 Å². The third kappa shape index (κ3) is 60.8. The van der Waals surface area contributed by atoms with Gasteiger partial charge in [-0.15, -0.1) is 0 Å². The van der Waals surface area contributed by atoms with Crippen molar-refractivity contribution in [3.63, 3.8) is 0 Å². The molecule has 0 saturated heterocycles. The molecule has 0 aliphatic rings. The Morgan fingerprint density at radius 2 is 0.419 bits per heavy atom. The van der Waals surface area contributed by atoms with E-state index < -0.39 is 53.9 Å². The van der Waals surface area contributed by atoms with Gasteiger partial charge in [-0.25, -0.2) is 36.0 Å². The van der Waals surface area contributed by atoms with Gasteiger partial charge in [0.25, 0.3) is 0 Å². The van der Waals surface area contributed by atoms with Gasteiger partial charge in [-0.3, -0.25) is 0 Å². The summed E-state index contributed by atoms with van der Waals surface area (Å²) in [6.07, 6.45) is 84.2. The van der Waals surface area contributed by atoms with Gasteiger partial charge in [-0.2, -0.15) is 0 Å². The number of carbonyl (C=O) groups excluding carboxylic acids is 4. The fraction of sp³-hybridized carbons (Fsp3) is 0.727. The van der Waals surface area contributed by atoms with Crippen molar-refractivity contribution in [3.05, 3.63) is 107 Å². The van der Waals surface area contributed by atoms with E-state index in [-0.39, 0.29) is 86.4 Å². The first-order valence-electron chi connectivity index (χ1n) is 42.1. The molecular formula is C88H146CaO14S2. The first kappa shape index (κ1) is 101. The molecule has 105 heavy (non-hydrogen) atoms. The zero-order chi connectivity index (χ0) is 75.9. The molecule has 0 amide bonds. The second-order valence-electron chi connectivity index (χ2n) is 28.6. The number of hydrogen-bond acceptors (Lipinski definition) is 14. The number of benzene rings is 2. The molecule has 17 heteroatoms. The molecule has 0 heterocycles. The van der Waals surface area contributed by atoms with Crippen LogP contribution < -0.4 is 0 Å². The summed E-state index contributed by atoms with van der Waals surface area (Å²) in [5.41, 5.74) is -0.696. The third-order valence-electron chi connectivity index (χ3n) is 19.0. The molecule has 0 aliphatic carbocycles. The van der Waals surface area contributed by atoms with E-state index in [1.807, 2.05) is 0 Å². The molecule has 0 aromatic heterocycles. The predicted octanol–water partition coefficient (Wildman–Crippen LogP) is 25.6. The third-order valence-corrected chi connectivity index (χ3v) is 20.7. The van der Waals surface area contributed by atoms with E-state index in [1.165, 1.54) is 231 Å². The van der Waals surface area contributed by atoms with Crippen LogP contribution in [-0.2, 0) is 39.2 Å². The van der Waals surface area contributed by atoms with Crippen LogP contribution >= 0.6 is 0 Å². The van der Waals surface area contributed by atoms with Crippen LogP contribution in [0.25, 0.3) is 0 Å². The van der Waals surface area contributed by atoms with Crippen molar-refractivity contribution in [3.8, 4) is 0 Å². The molecule has 0 unspecified atom stereocenters. The first-order valence-corrected chi connectivity index (χ1v) is 44.9. The van der Waals surface area contributed by atoms with E-state index in [0.29, 0.717) is 25.7 Å². The summed E-state index contributed by atoms with van der Waals surface area (Å²) in [5.74, 6) is -3.11. The van der Waals surface area contributed by atoms with Crippen molar-refractivity contribution < 1.29 is 64.1 Å².